The molecule has 5 rings (SSSR count). The van der Waals surface area contributed by atoms with E-state index < -0.39 is 0 Å². The second-order valence-corrected chi connectivity index (χ2v) is 5.90. The maximum atomic E-state index is 4.64. The highest BCUT2D eigenvalue weighted by Crippen LogP contribution is 2.30. The van der Waals surface area contributed by atoms with Crippen molar-refractivity contribution < 1.29 is 0 Å². The summed E-state index contributed by atoms with van der Waals surface area (Å²) < 4.78 is 1.57. The number of fused-ring (bicyclic) bond motifs is 1. The van der Waals surface area contributed by atoms with Crippen molar-refractivity contribution in [3.05, 3.63) is 60.8 Å². The second kappa shape index (κ2) is 6.33. The van der Waals surface area contributed by atoms with Crippen LogP contribution in [0, 0.1) is 0 Å². The number of hydrogen-bond donors (Lipinski definition) is 3. The Hall–Kier alpha value is -4.08. The van der Waals surface area contributed by atoms with E-state index >= 15 is 0 Å². The number of hydrogen-bond acceptors (Lipinski definition) is 7. The minimum atomic E-state index is 0.385. The van der Waals surface area contributed by atoms with E-state index in [0.717, 1.165) is 33.5 Å². The molecule has 132 valence electrons. The van der Waals surface area contributed by atoms with Gasteiger partial charge in [-0.1, -0.05) is 11.2 Å². The number of aromatic nitrogens is 9. The molecule has 5 heterocycles. The van der Waals surface area contributed by atoms with Gasteiger partial charge in [0.25, 0.3) is 5.95 Å². The third-order valence-electron chi connectivity index (χ3n) is 4.16. The summed E-state index contributed by atoms with van der Waals surface area (Å²) in [6.07, 6.45) is 9.08. The molecule has 0 radical (unpaired) electrons. The topological polar surface area (TPSA) is 126 Å². The molecule has 0 saturated heterocycles. The van der Waals surface area contributed by atoms with E-state index in [1.165, 1.54) is 0 Å². The first-order chi connectivity index (χ1) is 13.4. The second-order valence-electron chi connectivity index (χ2n) is 5.90. The van der Waals surface area contributed by atoms with Crippen LogP contribution < -0.4 is 5.32 Å². The van der Waals surface area contributed by atoms with Crippen molar-refractivity contribution in [2.75, 3.05) is 5.32 Å². The summed E-state index contributed by atoms with van der Waals surface area (Å²) in [7, 11) is 0. The molecule has 0 saturated carbocycles. The van der Waals surface area contributed by atoms with Crippen molar-refractivity contribution in [3.8, 4) is 17.1 Å². The van der Waals surface area contributed by atoms with Crippen molar-refractivity contribution in [1.82, 2.24) is 45.4 Å². The van der Waals surface area contributed by atoms with E-state index in [9.17, 15) is 0 Å². The first-order valence-corrected chi connectivity index (χ1v) is 8.26. The zero-order valence-electron chi connectivity index (χ0n) is 14.0. The summed E-state index contributed by atoms with van der Waals surface area (Å²) in [4.78, 5) is 11.9. The fraction of sp³-hybridized carbons (Fsp3) is 0.0588. The van der Waals surface area contributed by atoms with Crippen LogP contribution in [0.3, 0.4) is 0 Å². The van der Waals surface area contributed by atoms with Gasteiger partial charge in [0.2, 0.25) is 0 Å². The van der Waals surface area contributed by atoms with Crippen LogP contribution in [0.1, 0.15) is 5.56 Å². The Morgan fingerprint density at radius 3 is 3.04 bits per heavy atom. The fourth-order valence-corrected chi connectivity index (χ4v) is 2.89. The molecule has 0 bridgehead atoms. The number of nitrogens with one attached hydrogen (secondary N) is 3. The van der Waals surface area contributed by atoms with Crippen LogP contribution in [0.5, 0.6) is 0 Å². The van der Waals surface area contributed by atoms with Crippen LogP contribution in [0.2, 0.25) is 0 Å². The molecular weight excluding hydrogens is 344 g/mol. The minimum Gasteiger partial charge on any atom is -0.366 e. The molecule has 0 spiro atoms. The van der Waals surface area contributed by atoms with E-state index in [4.69, 9.17) is 0 Å². The molecule has 0 amide bonds. The van der Waals surface area contributed by atoms with Gasteiger partial charge in [-0.15, -0.1) is 5.10 Å². The third-order valence-corrected chi connectivity index (χ3v) is 4.16. The Morgan fingerprint density at radius 1 is 1.19 bits per heavy atom. The molecule has 0 fully saturated rings. The number of H-pyrrole nitrogens is 2. The van der Waals surface area contributed by atoms with Crippen LogP contribution in [0.4, 0.5) is 5.82 Å². The SMILES string of the molecule is c1cncc(CNc2cc(-c3cnn(-c4nn[nH]n4)c3)c3cc[nH]c3n2)c1. The Labute approximate surface area is 152 Å². The summed E-state index contributed by atoms with van der Waals surface area (Å²) >= 11 is 0. The van der Waals surface area contributed by atoms with Gasteiger partial charge in [0.1, 0.15) is 11.5 Å². The van der Waals surface area contributed by atoms with E-state index in [-0.39, 0.29) is 0 Å². The molecule has 27 heavy (non-hydrogen) atoms. The number of tetrazole rings is 1. The van der Waals surface area contributed by atoms with Gasteiger partial charge in [0.05, 0.1) is 6.20 Å². The highest BCUT2D eigenvalue weighted by Gasteiger charge is 2.12. The van der Waals surface area contributed by atoms with Crippen molar-refractivity contribution >= 4 is 16.9 Å². The Balaban J connectivity index is 1.51. The van der Waals surface area contributed by atoms with Crippen molar-refractivity contribution in [1.29, 1.82) is 0 Å². The molecule has 0 atom stereocenters. The predicted molar refractivity (Wildman–Crippen MR) is 98.0 cm³/mol. The molecule has 0 aromatic carbocycles. The zero-order chi connectivity index (χ0) is 18.1. The maximum absolute atomic E-state index is 4.64. The van der Waals surface area contributed by atoms with Crippen LogP contribution in [0.25, 0.3) is 28.1 Å². The van der Waals surface area contributed by atoms with Gasteiger partial charge in [0.15, 0.2) is 0 Å². The van der Waals surface area contributed by atoms with Gasteiger partial charge in [-0.2, -0.15) is 10.3 Å². The lowest BCUT2D eigenvalue weighted by atomic mass is 10.1. The lowest BCUT2D eigenvalue weighted by Crippen LogP contribution is -2.02. The molecular formula is C17H14N10. The standard InChI is InChI=1S/C17H14N10/c1-2-11(7-18-4-1)8-20-15-6-14(13-3-5-19-16(13)22-15)12-9-21-27(10-12)17-23-25-26-24-17/h1-7,9-10H,8H2,(H2,19,20,22)(H,23,24,25,26). The largest absolute Gasteiger partial charge is 0.366 e. The number of pyridine rings is 2. The number of nitrogens with zero attached hydrogens (tertiary/aromatic N) is 7. The van der Waals surface area contributed by atoms with E-state index in [1.54, 1.807) is 17.1 Å². The van der Waals surface area contributed by atoms with Crippen molar-refractivity contribution in [3.63, 3.8) is 0 Å². The minimum absolute atomic E-state index is 0.385. The molecule has 0 aliphatic heterocycles. The first kappa shape index (κ1) is 15.2. The Bertz CT molecular complexity index is 1170. The lowest BCUT2D eigenvalue weighted by Gasteiger charge is -2.08. The summed E-state index contributed by atoms with van der Waals surface area (Å²) in [5, 5.41) is 22.6. The molecule has 10 heteroatoms. The van der Waals surface area contributed by atoms with E-state index in [1.807, 2.05) is 42.9 Å². The molecule has 5 aromatic heterocycles. The number of anilines is 1. The van der Waals surface area contributed by atoms with Crippen LogP contribution in [0.15, 0.2) is 55.2 Å². The maximum Gasteiger partial charge on any atom is 0.290 e. The normalized spacial score (nSPS) is 11.1. The Kier molecular flexibility index (Phi) is 3.56. The molecule has 0 aliphatic carbocycles. The number of aromatic amines is 2. The summed E-state index contributed by atoms with van der Waals surface area (Å²) in [6.45, 7) is 0.634. The Morgan fingerprint density at radius 2 is 2.19 bits per heavy atom. The molecule has 0 aliphatic rings. The van der Waals surface area contributed by atoms with Crippen LogP contribution in [-0.2, 0) is 6.54 Å². The average molecular weight is 358 g/mol. The monoisotopic (exact) mass is 358 g/mol. The molecule has 10 nitrogen and oxygen atoms in total. The molecule has 0 unspecified atom stereocenters. The van der Waals surface area contributed by atoms with Gasteiger partial charge in [-0.3, -0.25) is 4.98 Å². The predicted octanol–water partition coefficient (Wildman–Crippen LogP) is 1.94. The average Bonchev–Trinajstić information content (AvgIpc) is 3.47. The highest BCUT2D eigenvalue weighted by molar-refractivity contribution is 5.94. The van der Waals surface area contributed by atoms with Gasteiger partial charge < -0.3 is 10.3 Å². The van der Waals surface area contributed by atoms with Gasteiger partial charge >= 0.3 is 0 Å². The van der Waals surface area contributed by atoms with Gasteiger partial charge in [-0.25, -0.2) is 9.67 Å². The van der Waals surface area contributed by atoms with Crippen LogP contribution in [-0.4, -0.2) is 45.4 Å². The van der Waals surface area contributed by atoms with Crippen molar-refractivity contribution in [2.24, 2.45) is 0 Å². The quantitative estimate of drug-likeness (QED) is 0.438. The smallest absolute Gasteiger partial charge is 0.290 e. The van der Waals surface area contributed by atoms with Gasteiger partial charge in [0, 0.05) is 42.3 Å². The zero-order valence-corrected chi connectivity index (χ0v) is 14.0. The summed E-state index contributed by atoms with van der Waals surface area (Å²) in [5.74, 6) is 1.15. The lowest BCUT2D eigenvalue weighted by molar-refractivity contribution is 0.812. The van der Waals surface area contributed by atoms with Crippen LogP contribution >= 0.6 is 0 Å². The van der Waals surface area contributed by atoms with Gasteiger partial charge in [-0.05, 0) is 34.5 Å². The number of rotatable bonds is 5. The summed E-state index contributed by atoms with van der Waals surface area (Å²) in [6, 6.07) is 7.93. The molecule has 3 N–H and O–H groups in total. The molecule has 5 aromatic rings. The first-order valence-electron chi connectivity index (χ1n) is 8.26. The summed E-state index contributed by atoms with van der Waals surface area (Å²) in [5.41, 5.74) is 3.81. The third kappa shape index (κ3) is 2.88. The van der Waals surface area contributed by atoms with Crippen molar-refractivity contribution in [2.45, 2.75) is 6.54 Å². The van der Waals surface area contributed by atoms with E-state index in [2.05, 4.69) is 46.0 Å². The van der Waals surface area contributed by atoms with E-state index in [0.29, 0.717) is 12.5 Å². The fourth-order valence-electron chi connectivity index (χ4n) is 2.89. The highest BCUT2D eigenvalue weighted by atomic mass is 15.5.